The van der Waals surface area contributed by atoms with Crippen LogP contribution in [0, 0.1) is 12.3 Å². The Morgan fingerprint density at radius 2 is 1.88 bits per heavy atom. The second kappa shape index (κ2) is 5.62. The molecule has 0 atom stereocenters. The summed E-state index contributed by atoms with van der Waals surface area (Å²) in [7, 11) is 0. The van der Waals surface area contributed by atoms with E-state index in [2.05, 4.69) is 4.99 Å². The summed E-state index contributed by atoms with van der Waals surface area (Å²) in [6, 6.07) is 15.6. The highest BCUT2D eigenvalue weighted by Crippen LogP contribution is 2.35. The van der Waals surface area contributed by atoms with Gasteiger partial charge in [0.1, 0.15) is 0 Å². The van der Waals surface area contributed by atoms with Crippen molar-refractivity contribution in [3.05, 3.63) is 69.3 Å². The Morgan fingerprint density at radius 1 is 1.12 bits per heavy atom. The summed E-state index contributed by atoms with van der Waals surface area (Å²) in [4.78, 5) is 5.33. The number of aryl methyl sites for hydroxylation is 1. The van der Waals surface area contributed by atoms with Crippen molar-refractivity contribution in [2.75, 3.05) is 0 Å². The quantitative estimate of drug-likeness (QED) is 0.722. The Kier molecular flexibility index (Phi) is 3.43. The van der Waals surface area contributed by atoms with E-state index in [-0.39, 0.29) is 10.7 Å². The summed E-state index contributed by atoms with van der Waals surface area (Å²) < 4.78 is 1.57. The standard InChI is InChI=1S/C19H15N3OS/c1-12-6-2-5-9-16(12)22-18(23)17(24-19(22)20)10-13-11-21-15-8-4-3-7-14(13)15/h2-11,20,23H,1H3/b13-10+,20-19?. The monoisotopic (exact) mass is 333 g/mol. The molecule has 1 aliphatic heterocycles. The van der Waals surface area contributed by atoms with Crippen LogP contribution in [-0.2, 0) is 0 Å². The van der Waals surface area contributed by atoms with Crippen LogP contribution in [0.2, 0.25) is 0 Å². The molecule has 4 rings (SSSR count). The lowest BCUT2D eigenvalue weighted by molar-refractivity contribution is 0.438. The van der Waals surface area contributed by atoms with Gasteiger partial charge in [-0.05, 0) is 30.7 Å². The fraction of sp³-hybridized carbons (Fsp3) is 0.0526. The zero-order valence-electron chi connectivity index (χ0n) is 13.0. The molecule has 2 heterocycles. The molecule has 0 radical (unpaired) electrons. The summed E-state index contributed by atoms with van der Waals surface area (Å²) in [5.41, 5.74) is 4.74. The van der Waals surface area contributed by atoms with Crippen LogP contribution in [0.4, 0.5) is 5.69 Å². The second-order valence-corrected chi connectivity index (χ2v) is 6.62. The van der Waals surface area contributed by atoms with Crippen molar-refractivity contribution in [1.82, 2.24) is 4.57 Å². The third-order valence-corrected chi connectivity index (χ3v) is 4.94. The number of thiazole rings is 1. The fourth-order valence-electron chi connectivity index (χ4n) is 2.83. The molecule has 0 amide bonds. The van der Waals surface area contributed by atoms with E-state index < -0.39 is 0 Å². The van der Waals surface area contributed by atoms with E-state index in [1.807, 2.05) is 61.5 Å². The van der Waals surface area contributed by atoms with Crippen LogP contribution in [0.1, 0.15) is 16.0 Å². The third-order valence-electron chi connectivity index (χ3n) is 4.04. The summed E-state index contributed by atoms with van der Waals surface area (Å²) in [5.74, 6) is 0.0876. The molecule has 0 saturated carbocycles. The topological polar surface area (TPSA) is 61.4 Å². The number of nitrogens with one attached hydrogen (secondary N) is 1. The Balaban J connectivity index is 1.84. The van der Waals surface area contributed by atoms with Gasteiger partial charge in [-0.25, -0.2) is 0 Å². The number of allylic oxidation sites excluding steroid dienone is 1. The Bertz CT molecular complexity index is 1060. The maximum atomic E-state index is 10.7. The molecule has 1 aromatic heterocycles. The van der Waals surface area contributed by atoms with Crippen molar-refractivity contribution in [3.63, 3.8) is 0 Å². The third kappa shape index (κ3) is 2.30. The van der Waals surface area contributed by atoms with Crippen molar-refractivity contribution >= 4 is 34.9 Å². The number of hydrogen-bond acceptors (Lipinski definition) is 4. The number of para-hydroxylation sites is 2. The average Bonchev–Trinajstić information content (AvgIpc) is 3.11. The molecule has 0 bridgehead atoms. The average molecular weight is 333 g/mol. The molecule has 118 valence electrons. The normalized spacial score (nSPS) is 14.3. The lowest BCUT2D eigenvalue weighted by Gasteiger charge is -2.07. The van der Waals surface area contributed by atoms with Crippen LogP contribution in [0.3, 0.4) is 0 Å². The smallest absolute Gasteiger partial charge is 0.215 e. The molecule has 0 unspecified atom stereocenters. The SMILES string of the molecule is Cc1ccccc1-n1c(O)c(/C=C2\C=Nc3ccccc32)sc1=N. The van der Waals surface area contributed by atoms with Gasteiger partial charge in [0.2, 0.25) is 5.88 Å². The van der Waals surface area contributed by atoms with Crippen molar-refractivity contribution in [1.29, 1.82) is 5.41 Å². The Hall–Kier alpha value is -2.92. The first kappa shape index (κ1) is 14.7. The van der Waals surface area contributed by atoms with Gasteiger partial charge in [-0.15, -0.1) is 0 Å². The number of aliphatic imine (C=N–C) groups is 1. The number of hydrogen-bond donors (Lipinski definition) is 2. The minimum atomic E-state index is 0.0876. The van der Waals surface area contributed by atoms with Crippen molar-refractivity contribution in [2.24, 2.45) is 4.99 Å². The highest BCUT2D eigenvalue weighted by atomic mass is 32.1. The number of aromatic hydroxyl groups is 1. The minimum Gasteiger partial charge on any atom is -0.493 e. The molecular formula is C19H15N3OS. The largest absolute Gasteiger partial charge is 0.493 e. The van der Waals surface area contributed by atoms with E-state index in [0.29, 0.717) is 4.88 Å². The van der Waals surface area contributed by atoms with Crippen LogP contribution >= 0.6 is 11.3 Å². The van der Waals surface area contributed by atoms with E-state index in [1.165, 1.54) is 11.3 Å². The van der Waals surface area contributed by atoms with Crippen LogP contribution in [0.15, 0.2) is 53.5 Å². The van der Waals surface area contributed by atoms with Crippen LogP contribution in [-0.4, -0.2) is 15.9 Å². The van der Waals surface area contributed by atoms with Gasteiger partial charge in [0, 0.05) is 17.4 Å². The first-order valence-electron chi connectivity index (χ1n) is 7.56. The number of nitrogens with zero attached hydrogens (tertiary/aromatic N) is 2. The zero-order valence-corrected chi connectivity index (χ0v) is 13.8. The number of fused-ring (bicyclic) bond motifs is 1. The molecule has 5 heteroatoms. The van der Waals surface area contributed by atoms with Crippen molar-refractivity contribution in [2.45, 2.75) is 6.92 Å². The first-order chi connectivity index (χ1) is 11.6. The van der Waals surface area contributed by atoms with Gasteiger partial charge < -0.3 is 5.11 Å². The highest BCUT2D eigenvalue weighted by molar-refractivity contribution is 7.10. The highest BCUT2D eigenvalue weighted by Gasteiger charge is 2.16. The van der Waals surface area contributed by atoms with Crippen molar-refractivity contribution in [3.8, 4) is 11.6 Å². The molecule has 3 aromatic rings. The fourth-order valence-corrected chi connectivity index (χ4v) is 3.68. The molecular weight excluding hydrogens is 318 g/mol. The van der Waals surface area contributed by atoms with Gasteiger partial charge in [-0.1, -0.05) is 47.7 Å². The molecule has 24 heavy (non-hydrogen) atoms. The first-order valence-corrected chi connectivity index (χ1v) is 8.37. The van der Waals surface area contributed by atoms with Gasteiger partial charge in [-0.2, -0.15) is 0 Å². The van der Waals surface area contributed by atoms with Crippen LogP contribution in [0.25, 0.3) is 17.3 Å². The summed E-state index contributed by atoms with van der Waals surface area (Å²) in [6.07, 6.45) is 3.69. The molecule has 0 spiro atoms. The van der Waals surface area contributed by atoms with Gasteiger partial charge in [0.25, 0.3) is 0 Å². The van der Waals surface area contributed by atoms with E-state index >= 15 is 0 Å². The molecule has 0 aliphatic carbocycles. The summed E-state index contributed by atoms with van der Waals surface area (Å²) in [6.45, 7) is 1.97. The summed E-state index contributed by atoms with van der Waals surface area (Å²) in [5, 5.41) is 18.9. The van der Waals surface area contributed by atoms with Crippen LogP contribution < -0.4 is 4.80 Å². The van der Waals surface area contributed by atoms with Gasteiger partial charge in [-0.3, -0.25) is 15.0 Å². The number of benzene rings is 2. The van der Waals surface area contributed by atoms with E-state index in [0.717, 1.165) is 28.1 Å². The second-order valence-electron chi connectivity index (χ2n) is 5.59. The van der Waals surface area contributed by atoms with Gasteiger partial charge >= 0.3 is 0 Å². The van der Waals surface area contributed by atoms with Crippen molar-refractivity contribution < 1.29 is 5.11 Å². The molecule has 2 N–H and O–H groups in total. The number of rotatable bonds is 2. The zero-order chi connectivity index (χ0) is 16.7. The maximum Gasteiger partial charge on any atom is 0.215 e. The molecule has 0 fully saturated rings. The van der Waals surface area contributed by atoms with E-state index in [4.69, 9.17) is 5.41 Å². The lowest BCUT2D eigenvalue weighted by atomic mass is 10.1. The van der Waals surface area contributed by atoms with E-state index in [1.54, 1.807) is 10.8 Å². The molecule has 2 aromatic carbocycles. The maximum absolute atomic E-state index is 10.7. The predicted octanol–water partition coefficient (Wildman–Crippen LogP) is 4.29. The molecule has 0 saturated heterocycles. The van der Waals surface area contributed by atoms with Crippen LogP contribution in [0.5, 0.6) is 5.88 Å². The van der Waals surface area contributed by atoms with Gasteiger partial charge in [0.05, 0.1) is 16.3 Å². The van der Waals surface area contributed by atoms with E-state index in [9.17, 15) is 5.11 Å². The minimum absolute atomic E-state index is 0.0876. The Morgan fingerprint density at radius 3 is 2.71 bits per heavy atom. The Labute approximate surface area is 143 Å². The summed E-state index contributed by atoms with van der Waals surface area (Å²) >= 11 is 1.25. The molecule has 4 nitrogen and oxygen atoms in total. The molecule has 1 aliphatic rings. The lowest BCUT2D eigenvalue weighted by Crippen LogP contribution is -2.11. The predicted molar refractivity (Wildman–Crippen MR) is 98.4 cm³/mol. The van der Waals surface area contributed by atoms with Gasteiger partial charge in [0.15, 0.2) is 4.80 Å². The number of aromatic nitrogens is 1.